The van der Waals surface area contributed by atoms with Gasteiger partial charge >= 0.3 is 0 Å². The molecule has 0 aromatic carbocycles. The van der Waals surface area contributed by atoms with Gasteiger partial charge in [-0.25, -0.2) is 0 Å². The van der Waals surface area contributed by atoms with E-state index in [4.69, 9.17) is 5.73 Å². The van der Waals surface area contributed by atoms with Crippen molar-refractivity contribution < 1.29 is 0 Å². The molecule has 0 aliphatic carbocycles. The molecular weight excluding hydrogens is 168 g/mol. The molecule has 0 aromatic rings. The lowest BCUT2D eigenvalue weighted by molar-refractivity contribution is 0.410. The molecule has 0 saturated carbocycles. The molecule has 0 radical (unpaired) electrons. The fourth-order valence-electron chi connectivity index (χ4n) is 0.793. The average molecular weight is 190 g/mol. The maximum atomic E-state index is 5.88. The highest BCUT2D eigenvalue weighted by Crippen LogP contribution is 2.14. The van der Waals surface area contributed by atoms with Crippen LogP contribution in [-0.2, 0) is 0 Å². The number of hydrogen-bond acceptors (Lipinski definition) is 3. The molecule has 0 fully saturated rings. The number of nitrogens with two attached hydrogens (primary N) is 1. The minimum atomic E-state index is 0.312. The van der Waals surface area contributed by atoms with Gasteiger partial charge in [0.25, 0.3) is 0 Å². The van der Waals surface area contributed by atoms with Crippen molar-refractivity contribution in [3.8, 4) is 0 Å². The first-order chi connectivity index (χ1) is 5.54. The van der Waals surface area contributed by atoms with Crippen LogP contribution < -0.4 is 5.73 Å². The fraction of sp³-hybridized carbons (Fsp3) is 1.00. The fourth-order valence-corrected chi connectivity index (χ4v) is 1.75. The largest absolute Gasteiger partial charge is 0.319 e. The molecule has 12 heavy (non-hydrogen) atoms. The van der Waals surface area contributed by atoms with E-state index in [0.717, 1.165) is 6.54 Å². The topological polar surface area (TPSA) is 29.3 Å². The van der Waals surface area contributed by atoms with Crippen molar-refractivity contribution in [2.75, 3.05) is 26.4 Å². The average Bonchev–Trinajstić information content (AvgIpc) is 1.97. The van der Waals surface area contributed by atoms with Crippen LogP contribution in [0.2, 0.25) is 0 Å². The molecule has 0 heterocycles. The summed E-state index contributed by atoms with van der Waals surface area (Å²) < 4.78 is 0. The van der Waals surface area contributed by atoms with E-state index in [1.165, 1.54) is 12.2 Å². The summed E-state index contributed by atoms with van der Waals surface area (Å²) in [6.07, 6.45) is 1.23. The Labute approximate surface area is 80.9 Å². The molecule has 0 saturated heterocycles. The van der Waals surface area contributed by atoms with Gasteiger partial charge < -0.3 is 10.6 Å². The van der Waals surface area contributed by atoms with Crippen LogP contribution in [0.1, 0.15) is 20.3 Å². The Morgan fingerprint density at radius 1 is 1.33 bits per heavy atom. The summed E-state index contributed by atoms with van der Waals surface area (Å²) in [5.41, 5.74) is 5.88. The molecule has 1 atom stereocenters. The Kier molecular flexibility index (Phi) is 6.90. The Morgan fingerprint density at radius 3 is 2.33 bits per heavy atom. The molecule has 0 aliphatic heterocycles. The van der Waals surface area contributed by atoms with Gasteiger partial charge in [0, 0.05) is 0 Å². The second kappa shape index (κ2) is 6.75. The Hall–Kier alpha value is 0.270. The summed E-state index contributed by atoms with van der Waals surface area (Å²) >= 11 is 1.88. The summed E-state index contributed by atoms with van der Waals surface area (Å²) in [6.45, 7) is 5.50. The highest BCUT2D eigenvalue weighted by molar-refractivity contribution is 7.99. The van der Waals surface area contributed by atoms with E-state index in [-0.39, 0.29) is 0 Å². The monoisotopic (exact) mass is 190 g/mol. The summed E-state index contributed by atoms with van der Waals surface area (Å²) in [4.78, 5) is 2.21. The molecule has 0 amide bonds. The number of thioether (sulfide) groups is 1. The van der Waals surface area contributed by atoms with E-state index < -0.39 is 0 Å². The van der Waals surface area contributed by atoms with Crippen molar-refractivity contribution >= 4 is 11.8 Å². The molecule has 2 N–H and O–H groups in total. The van der Waals surface area contributed by atoms with E-state index in [9.17, 15) is 0 Å². The molecule has 0 bridgehead atoms. The Bertz CT molecular complexity index is 105. The lowest BCUT2D eigenvalue weighted by atomic mass is 10.2. The first-order valence-electron chi connectivity index (χ1n) is 4.56. The van der Waals surface area contributed by atoms with E-state index in [0.29, 0.717) is 11.3 Å². The maximum Gasteiger partial charge on any atom is 0.0530 e. The molecular formula is C9H22N2S. The number of nitrogens with zero attached hydrogens (tertiary/aromatic N) is 1. The van der Waals surface area contributed by atoms with Gasteiger partial charge in [-0.3, -0.25) is 0 Å². The third kappa shape index (κ3) is 6.95. The zero-order valence-electron chi connectivity index (χ0n) is 8.71. The van der Waals surface area contributed by atoms with E-state index in [1.54, 1.807) is 0 Å². The van der Waals surface area contributed by atoms with Gasteiger partial charge in [0.15, 0.2) is 0 Å². The predicted octanol–water partition coefficient (Wildman–Crippen LogP) is 1.61. The zero-order valence-corrected chi connectivity index (χ0v) is 9.53. The molecule has 2 nitrogen and oxygen atoms in total. The molecule has 3 heteroatoms. The second-order valence-corrected chi connectivity index (χ2v) is 5.02. The molecule has 0 aromatic heterocycles. The molecule has 74 valence electrons. The van der Waals surface area contributed by atoms with Crippen molar-refractivity contribution in [1.82, 2.24) is 4.90 Å². The van der Waals surface area contributed by atoms with Gasteiger partial charge in [0.1, 0.15) is 0 Å². The summed E-state index contributed by atoms with van der Waals surface area (Å²) in [5, 5.41) is 0.312. The molecule has 0 rings (SSSR count). The van der Waals surface area contributed by atoms with Crippen LogP contribution in [0.15, 0.2) is 0 Å². The molecule has 0 spiro atoms. The highest BCUT2D eigenvalue weighted by atomic mass is 32.2. The van der Waals surface area contributed by atoms with Crippen LogP contribution >= 0.6 is 11.8 Å². The SMILES string of the molecule is CC(C)C(N)SCCCN(C)C. The van der Waals surface area contributed by atoms with Crippen LogP contribution in [0.5, 0.6) is 0 Å². The number of rotatable bonds is 6. The van der Waals surface area contributed by atoms with Crippen LogP contribution in [0.4, 0.5) is 0 Å². The lowest BCUT2D eigenvalue weighted by Crippen LogP contribution is -2.23. The van der Waals surface area contributed by atoms with Crippen LogP contribution in [-0.4, -0.2) is 36.7 Å². The van der Waals surface area contributed by atoms with Crippen molar-refractivity contribution in [3.05, 3.63) is 0 Å². The highest BCUT2D eigenvalue weighted by Gasteiger charge is 2.06. The van der Waals surface area contributed by atoms with E-state index in [1.807, 2.05) is 11.8 Å². The summed E-state index contributed by atoms with van der Waals surface area (Å²) in [5.74, 6) is 1.77. The first-order valence-corrected chi connectivity index (χ1v) is 5.61. The van der Waals surface area contributed by atoms with Crippen LogP contribution in [0.25, 0.3) is 0 Å². The van der Waals surface area contributed by atoms with Crippen molar-refractivity contribution in [3.63, 3.8) is 0 Å². The third-order valence-electron chi connectivity index (χ3n) is 1.72. The number of hydrogen-bond donors (Lipinski definition) is 1. The smallest absolute Gasteiger partial charge is 0.0530 e. The van der Waals surface area contributed by atoms with Gasteiger partial charge in [0.05, 0.1) is 5.37 Å². The predicted molar refractivity (Wildman–Crippen MR) is 58.4 cm³/mol. The standard InChI is InChI=1S/C9H22N2S/c1-8(2)9(10)12-7-5-6-11(3)4/h8-9H,5-7,10H2,1-4H3. The lowest BCUT2D eigenvalue weighted by Gasteiger charge is -2.15. The molecule has 1 unspecified atom stereocenters. The third-order valence-corrected chi connectivity index (χ3v) is 3.17. The first kappa shape index (κ1) is 12.3. The van der Waals surface area contributed by atoms with Crippen LogP contribution in [0, 0.1) is 5.92 Å². The second-order valence-electron chi connectivity index (χ2n) is 3.74. The minimum Gasteiger partial charge on any atom is -0.319 e. The zero-order chi connectivity index (χ0) is 9.56. The Morgan fingerprint density at radius 2 is 1.92 bits per heavy atom. The van der Waals surface area contributed by atoms with Gasteiger partial charge in [-0.15, -0.1) is 11.8 Å². The van der Waals surface area contributed by atoms with Crippen molar-refractivity contribution in [2.24, 2.45) is 11.7 Å². The molecule has 0 aliphatic rings. The van der Waals surface area contributed by atoms with E-state index >= 15 is 0 Å². The maximum absolute atomic E-state index is 5.88. The van der Waals surface area contributed by atoms with Gasteiger partial charge in [-0.2, -0.15) is 0 Å². The van der Waals surface area contributed by atoms with Gasteiger partial charge in [-0.05, 0) is 38.7 Å². The van der Waals surface area contributed by atoms with Gasteiger partial charge in [0.2, 0.25) is 0 Å². The van der Waals surface area contributed by atoms with Crippen molar-refractivity contribution in [1.29, 1.82) is 0 Å². The van der Waals surface area contributed by atoms with Crippen LogP contribution in [0.3, 0.4) is 0 Å². The van der Waals surface area contributed by atoms with Crippen molar-refractivity contribution in [2.45, 2.75) is 25.6 Å². The summed E-state index contributed by atoms with van der Waals surface area (Å²) in [7, 11) is 4.21. The Balaban J connectivity index is 3.20. The van der Waals surface area contributed by atoms with E-state index in [2.05, 4.69) is 32.8 Å². The minimum absolute atomic E-state index is 0.312. The normalized spacial score (nSPS) is 14.2. The van der Waals surface area contributed by atoms with Gasteiger partial charge in [-0.1, -0.05) is 13.8 Å². The summed E-state index contributed by atoms with van der Waals surface area (Å²) in [6, 6.07) is 0. The quantitative estimate of drug-likeness (QED) is 0.510.